The molecule has 1 unspecified atom stereocenters. The number of alkyl halides is 3. The maximum atomic E-state index is 12.5. The van der Waals surface area contributed by atoms with Crippen molar-refractivity contribution in [3.05, 3.63) is 23.9 Å². The molecule has 1 rings (SSSR count). The molecule has 1 heterocycles. The number of nitrogens with zero attached hydrogens (tertiary/aromatic N) is 1. The monoisotopic (exact) mass is 428 g/mol. The number of carbonyl (C=O) groups excluding carboxylic acids is 1. The first-order valence-corrected chi connectivity index (χ1v) is 11.2. The number of amides is 1. The van der Waals surface area contributed by atoms with Gasteiger partial charge in [-0.25, -0.2) is 18.1 Å². The van der Waals surface area contributed by atoms with Gasteiger partial charge in [0.15, 0.2) is 0 Å². The fourth-order valence-electron chi connectivity index (χ4n) is 1.94. The Morgan fingerprint density at radius 3 is 2.52 bits per heavy atom. The third-order valence-corrected chi connectivity index (χ3v) is 5.50. The van der Waals surface area contributed by atoms with Crippen LogP contribution in [0.2, 0.25) is 0 Å². The summed E-state index contributed by atoms with van der Waals surface area (Å²) in [6, 6.07) is 1.24. The van der Waals surface area contributed by atoms with Gasteiger partial charge in [-0.2, -0.15) is 24.9 Å². The topological polar surface area (TPSA) is 100 Å². The van der Waals surface area contributed by atoms with Crippen LogP contribution in [0.4, 0.5) is 19.0 Å². The van der Waals surface area contributed by atoms with Gasteiger partial charge in [-0.05, 0) is 37.5 Å². The number of pyridine rings is 1. The van der Waals surface area contributed by atoms with Gasteiger partial charge in [-0.15, -0.1) is 0 Å². The van der Waals surface area contributed by atoms with Crippen LogP contribution in [0.15, 0.2) is 18.3 Å². The maximum Gasteiger partial charge on any atom is 0.417 e. The van der Waals surface area contributed by atoms with Gasteiger partial charge in [0, 0.05) is 19.3 Å². The SMILES string of the molecule is CCS(=O)(=O)NC(CCSC)C(=O)NCCNc1ccc(C(F)(F)F)cn1. The molecule has 1 aromatic rings. The van der Waals surface area contributed by atoms with Crippen molar-refractivity contribution in [1.29, 1.82) is 0 Å². The number of thioether (sulfide) groups is 1. The second-order valence-corrected chi connectivity index (χ2v) is 8.53. The second kappa shape index (κ2) is 10.7. The molecule has 1 aromatic heterocycles. The lowest BCUT2D eigenvalue weighted by Crippen LogP contribution is -2.48. The first kappa shape index (κ1) is 23.5. The van der Waals surface area contributed by atoms with Gasteiger partial charge in [0.2, 0.25) is 15.9 Å². The number of halogens is 3. The summed E-state index contributed by atoms with van der Waals surface area (Å²) < 4.78 is 63.1. The van der Waals surface area contributed by atoms with E-state index in [0.717, 1.165) is 12.3 Å². The van der Waals surface area contributed by atoms with E-state index in [9.17, 15) is 26.4 Å². The van der Waals surface area contributed by atoms with E-state index < -0.39 is 33.7 Å². The molecule has 0 fully saturated rings. The van der Waals surface area contributed by atoms with E-state index in [1.165, 1.54) is 24.8 Å². The second-order valence-electron chi connectivity index (χ2n) is 5.50. The van der Waals surface area contributed by atoms with Crippen LogP contribution in [-0.2, 0) is 21.0 Å². The molecule has 0 aromatic carbocycles. The number of rotatable bonds is 11. The average Bonchev–Trinajstić information content (AvgIpc) is 2.61. The first-order chi connectivity index (χ1) is 12.6. The molecule has 1 amide bonds. The molecule has 0 aliphatic carbocycles. The quantitative estimate of drug-likeness (QED) is 0.464. The van der Waals surface area contributed by atoms with Crippen LogP contribution < -0.4 is 15.4 Å². The molecule has 1 atom stereocenters. The van der Waals surface area contributed by atoms with Crippen LogP contribution in [0.5, 0.6) is 0 Å². The van der Waals surface area contributed by atoms with Crippen molar-refractivity contribution >= 4 is 33.5 Å². The van der Waals surface area contributed by atoms with E-state index in [4.69, 9.17) is 0 Å². The number of carbonyl (C=O) groups is 1. The fraction of sp³-hybridized carbons (Fsp3) is 0.600. The lowest BCUT2D eigenvalue weighted by atomic mass is 10.2. The highest BCUT2D eigenvalue weighted by Crippen LogP contribution is 2.28. The molecule has 12 heteroatoms. The first-order valence-electron chi connectivity index (χ1n) is 8.13. The minimum atomic E-state index is -4.45. The third kappa shape index (κ3) is 8.80. The summed E-state index contributed by atoms with van der Waals surface area (Å²) in [5.74, 6) is 0.265. The Morgan fingerprint density at radius 2 is 2.00 bits per heavy atom. The van der Waals surface area contributed by atoms with Crippen molar-refractivity contribution in [2.75, 3.05) is 36.2 Å². The van der Waals surface area contributed by atoms with Crippen LogP contribution in [0.3, 0.4) is 0 Å². The lowest BCUT2D eigenvalue weighted by molar-refractivity contribution is -0.137. The Morgan fingerprint density at radius 1 is 1.30 bits per heavy atom. The van der Waals surface area contributed by atoms with E-state index >= 15 is 0 Å². The number of hydrogen-bond donors (Lipinski definition) is 3. The Kier molecular flexibility index (Phi) is 9.33. The van der Waals surface area contributed by atoms with Crippen molar-refractivity contribution in [2.45, 2.75) is 25.6 Å². The zero-order valence-corrected chi connectivity index (χ0v) is 16.6. The molecule has 0 spiro atoms. The summed E-state index contributed by atoms with van der Waals surface area (Å²) in [4.78, 5) is 15.9. The van der Waals surface area contributed by atoms with Crippen LogP contribution in [0, 0.1) is 0 Å². The molecule has 0 saturated carbocycles. The van der Waals surface area contributed by atoms with Crippen molar-refractivity contribution in [3.8, 4) is 0 Å². The number of hydrogen-bond acceptors (Lipinski definition) is 6. The highest BCUT2D eigenvalue weighted by Gasteiger charge is 2.30. The summed E-state index contributed by atoms with van der Waals surface area (Å²) in [5, 5.41) is 5.38. The normalized spacial score (nSPS) is 13.2. The van der Waals surface area contributed by atoms with Crippen molar-refractivity contribution in [3.63, 3.8) is 0 Å². The highest BCUT2D eigenvalue weighted by molar-refractivity contribution is 7.98. The minimum absolute atomic E-state index is 0.128. The smallest absolute Gasteiger partial charge is 0.368 e. The van der Waals surface area contributed by atoms with Crippen LogP contribution in [0.1, 0.15) is 18.9 Å². The maximum absolute atomic E-state index is 12.5. The minimum Gasteiger partial charge on any atom is -0.368 e. The Labute approximate surface area is 160 Å². The third-order valence-electron chi connectivity index (χ3n) is 3.45. The average molecular weight is 429 g/mol. The van der Waals surface area contributed by atoms with E-state index in [-0.39, 0.29) is 24.7 Å². The highest BCUT2D eigenvalue weighted by atomic mass is 32.2. The van der Waals surface area contributed by atoms with E-state index in [1.54, 1.807) is 0 Å². The summed E-state index contributed by atoms with van der Waals surface area (Å²) in [6.45, 7) is 1.86. The molecular formula is C15H23F3N4O3S2. The molecule has 7 nitrogen and oxygen atoms in total. The predicted octanol–water partition coefficient (Wildman–Crippen LogP) is 1.69. The van der Waals surface area contributed by atoms with Gasteiger partial charge in [-0.1, -0.05) is 0 Å². The van der Waals surface area contributed by atoms with Crippen molar-refractivity contribution in [1.82, 2.24) is 15.0 Å². The van der Waals surface area contributed by atoms with Crippen LogP contribution in [-0.4, -0.2) is 56.2 Å². The number of aromatic nitrogens is 1. The largest absolute Gasteiger partial charge is 0.417 e. The fourth-order valence-corrected chi connectivity index (χ4v) is 3.24. The summed E-state index contributed by atoms with van der Waals surface area (Å²) in [7, 11) is -3.52. The van der Waals surface area contributed by atoms with Gasteiger partial charge in [0.25, 0.3) is 0 Å². The zero-order chi connectivity index (χ0) is 20.5. The number of anilines is 1. The van der Waals surface area contributed by atoms with Gasteiger partial charge >= 0.3 is 6.18 Å². The lowest BCUT2D eigenvalue weighted by Gasteiger charge is -2.18. The summed E-state index contributed by atoms with van der Waals surface area (Å²) >= 11 is 1.49. The van der Waals surface area contributed by atoms with E-state index in [0.29, 0.717) is 12.2 Å². The molecule has 27 heavy (non-hydrogen) atoms. The molecule has 0 radical (unpaired) electrons. The van der Waals surface area contributed by atoms with Crippen molar-refractivity contribution < 1.29 is 26.4 Å². The van der Waals surface area contributed by atoms with Crippen LogP contribution >= 0.6 is 11.8 Å². The van der Waals surface area contributed by atoms with Crippen molar-refractivity contribution in [2.24, 2.45) is 0 Å². The number of sulfonamides is 1. The molecule has 0 saturated heterocycles. The van der Waals surface area contributed by atoms with Gasteiger partial charge in [0.1, 0.15) is 11.9 Å². The van der Waals surface area contributed by atoms with Gasteiger partial charge in [0.05, 0.1) is 11.3 Å². The summed E-state index contributed by atoms with van der Waals surface area (Å²) in [6.07, 6.45) is -1.53. The molecule has 3 N–H and O–H groups in total. The molecular weight excluding hydrogens is 405 g/mol. The van der Waals surface area contributed by atoms with E-state index in [1.807, 2.05) is 6.26 Å². The van der Waals surface area contributed by atoms with Crippen LogP contribution in [0.25, 0.3) is 0 Å². The standard InChI is InChI=1S/C15H23F3N4O3S2/c1-3-27(24,25)22-12(6-9-26-2)14(23)20-8-7-19-13-5-4-11(10-21-13)15(16,17)18/h4-5,10,12,22H,3,6-9H2,1-2H3,(H,19,21)(H,20,23). The zero-order valence-electron chi connectivity index (χ0n) is 15.0. The van der Waals surface area contributed by atoms with E-state index in [2.05, 4.69) is 20.3 Å². The van der Waals surface area contributed by atoms with Gasteiger partial charge in [-0.3, -0.25) is 4.79 Å². The Balaban J connectivity index is 2.49. The molecule has 0 bridgehead atoms. The predicted molar refractivity (Wildman–Crippen MR) is 100 cm³/mol. The molecule has 0 aliphatic heterocycles. The molecule has 0 aliphatic rings. The number of nitrogens with one attached hydrogen (secondary N) is 3. The van der Waals surface area contributed by atoms with Gasteiger partial charge < -0.3 is 10.6 Å². The summed E-state index contributed by atoms with van der Waals surface area (Å²) in [5.41, 5.74) is -0.846. The Hall–Kier alpha value is -1.53. The Bertz CT molecular complexity index is 697. The molecule has 154 valence electrons.